The number of nitrogens with zero attached hydrogens (tertiary/aromatic N) is 2. The predicted octanol–water partition coefficient (Wildman–Crippen LogP) is 5.50. The van der Waals surface area contributed by atoms with Crippen LogP contribution in [0.5, 0.6) is 11.5 Å². The highest BCUT2D eigenvalue weighted by Gasteiger charge is 2.24. The van der Waals surface area contributed by atoms with Crippen molar-refractivity contribution in [1.29, 1.82) is 0 Å². The van der Waals surface area contributed by atoms with Crippen molar-refractivity contribution in [2.24, 2.45) is 7.05 Å². The molecule has 1 unspecified atom stereocenters. The fraction of sp³-hybridized carbons (Fsp3) is 0.344. The second kappa shape index (κ2) is 12.2. The van der Waals surface area contributed by atoms with Gasteiger partial charge in [0, 0.05) is 49.6 Å². The van der Waals surface area contributed by atoms with Gasteiger partial charge in [-0.05, 0) is 60.8 Å². The topological polar surface area (TPSA) is 55.7 Å². The molecule has 6 nitrogen and oxygen atoms in total. The summed E-state index contributed by atoms with van der Waals surface area (Å²) in [5.41, 5.74) is 4.40. The quantitative estimate of drug-likeness (QED) is 0.289. The lowest BCUT2D eigenvalue weighted by Gasteiger charge is -2.20. The molecule has 1 fully saturated rings. The molecular formula is C32H37N3O3. The summed E-state index contributed by atoms with van der Waals surface area (Å²) in [7, 11) is 3.71. The molecule has 38 heavy (non-hydrogen) atoms. The van der Waals surface area contributed by atoms with Gasteiger partial charge in [0.2, 0.25) is 5.91 Å². The minimum Gasteiger partial charge on any atom is -0.493 e. The number of aryl methyl sites for hydroxylation is 1. The van der Waals surface area contributed by atoms with Gasteiger partial charge in [0.05, 0.1) is 7.11 Å². The zero-order chi connectivity index (χ0) is 26.3. The van der Waals surface area contributed by atoms with Gasteiger partial charge in [-0.3, -0.25) is 4.79 Å². The molecule has 0 saturated carbocycles. The molecule has 198 valence electrons. The minimum absolute atomic E-state index is 0.0599. The van der Waals surface area contributed by atoms with Gasteiger partial charge in [-0.15, -0.1) is 0 Å². The molecule has 5 rings (SSSR count). The first-order chi connectivity index (χ1) is 18.6. The maximum absolute atomic E-state index is 13.2. The highest BCUT2D eigenvalue weighted by atomic mass is 16.5. The summed E-state index contributed by atoms with van der Waals surface area (Å²) >= 11 is 0. The van der Waals surface area contributed by atoms with E-state index in [1.165, 1.54) is 12.8 Å². The lowest BCUT2D eigenvalue weighted by Crippen LogP contribution is -2.34. The van der Waals surface area contributed by atoms with Crippen LogP contribution in [0.15, 0.2) is 79.0 Å². The zero-order valence-electron chi connectivity index (χ0n) is 22.4. The van der Waals surface area contributed by atoms with E-state index in [0.717, 1.165) is 47.2 Å². The molecule has 0 spiro atoms. The van der Waals surface area contributed by atoms with Crippen molar-refractivity contribution < 1.29 is 14.3 Å². The molecule has 1 N–H and O–H groups in total. The molecule has 0 aliphatic carbocycles. The minimum atomic E-state index is -0.127. The van der Waals surface area contributed by atoms with Crippen molar-refractivity contribution in [3.63, 3.8) is 0 Å². The molecule has 0 bridgehead atoms. The van der Waals surface area contributed by atoms with E-state index in [-0.39, 0.29) is 11.8 Å². The van der Waals surface area contributed by atoms with Gasteiger partial charge in [-0.1, -0.05) is 54.6 Å². The maximum atomic E-state index is 13.2. The first-order valence-corrected chi connectivity index (χ1v) is 13.5. The van der Waals surface area contributed by atoms with Crippen molar-refractivity contribution in [2.45, 2.75) is 31.8 Å². The third kappa shape index (κ3) is 6.03. The van der Waals surface area contributed by atoms with Gasteiger partial charge in [0.1, 0.15) is 6.61 Å². The molecule has 3 aromatic carbocycles. The van der Waals surface area contributed by atoms with Crippen molar-refractivity contribution in [1.82, 2.24) is 14.8 Å². The number of amides is 1. The number of nitrogens with one attached hydrogen (secondary N) is 1. The van der Waals surface area contributed by atoms with Gasteiger partial charge in [0.15, 0.2) is 11.5 Å². The fourth-order valence-electron chi connectivity index (χ4n) is 5.43. The summed E-state index contributed by atoms with van der Waals surface area (Å²) in [4.78, 5) is 15.7. The van der Waals surface area contributed by atoms with Crippen LogP contribution in [0.3, 0.4) is 0 Å². The molecule has 1 saturated heterocycles. The SMILES string of the molecule is COc1ccc(C(CC(=O)NCCN2CCCC2)c2cn(C)c3ccccc23)cc1OCc1ccccc1. The van der Waals surface area contributed by atoms with Crippen molar-refractivity contribution in [2.75, 3.05) is 33.3 Å². The third-order valence-electron chi connectivity index (χ3n) is 7.47. The number of aromatic nitrogens is 1. The number of para-hydroxylation sites is 1. The van der Waals surface area contributed by atoms with Crippen molar-refractivity contribution >= 4 is 16.8 Å². The number of ether oxygens (including phenoxy) is 2. The van der Waals surface area contributed by atoms with E-state index in [0.29, 0.717) is 31.1 Å². The van der Waals surface area contributed by atoms with Gasteiger partial charge >= 0.3 is 0 Å². The lowest BCUT2D eigenvalue weighted by atomic mass is 9.87. The molecule has 1 aliphatic heterocycles. The van der Waals surface area contributed by atoms with Crippen LogP contribution in [0.25, 0.3) is 10.9 Å². The molecule has 1 aliphatic rings. The summed E-state index contributed by atoms with van der Waals surface area (Å²) in [6.45, 7) is 4.29. The predicted molar refractivity (Wildman–Crippen MR) is 152 cm³/mol. The van der Waals surface area contributed by atoms with Crippen LogP contribution in [0.2, 0.25) is 0 Å². The third-order valence-corrected chi connectivity index (χ3v) is 7.47. The smallest absolute Gasteiger partial charge is 0.220 e. The van der Waals surface area contributed by atoms with E-state index in [2.05, 4.69) is 58.4 Å². The normalized spacial score (nSPS) is 14.5. The van der Waals surface area contributed by atoms with E-state index in [1.54, 1.807) is 7.11 Å². The van der Waals surface area contributed by atoms with Crippen molar-refractivity contribution in [3.05, 3.63) is 95.7 Å². The Morgan fingerprint density at radius 1 is 0.974 bits per heavy atom. The summed E-state index contributed by atoms with van der Waals surface area (Å²) in [5, 5.41) is 4.33. The number of likely N-dealkylation sites (tertiary alicyclic amines) is 1. The van der Waals surface area contributed by atoms with E-state index in [4.69, 9.17) is 9.47 Å². The number of fused-ring (bicyclic) bond motifs is 1. The van der Waals surface area contributed by atoms with Gasteiger partial charge in [-0.25, -0.2) is 0 Å². The Morgan fingerprint density at radius 2 is 1.74 bits per heavy atom. The average Bonchev–Trinajstić information content (AvgIpc) is 3.59. The molecule has 4 aromatic rings. The van der Waals surface area contributed by atoms with E-state index in [1.807, 2.05) is 42.5 Å². The summed E-state index contributed by atoms with van der Waals surface area (Å²) in [6, 6.07) is 24.5. The van der Waals surface area contributed by atoms with Crippen LogP contribution in [0.4, 0.5) is 0 Å². The Labute approximate surface area is 225 Å². The van der Waals surface area contributed by atoms with Crippen LogP contribution in [0.1, 0.15) is 41.9 Å². The fourth-order valence-corrected chi connectivity index (χ4v) is 5.43. The average molecular weight is 512 g/mol. The number of carbonyl (C=O) groups excluding carboxylic acids is 1. The van der Waals surface area contributed by atoms with Crippen LogP contribution >= 0.6 is 0 Å². The largest absolute Gasteiger partial charge is 0.493 e. The summed E-state index contributed by atoms with van der Waals surface area (Å²) in [5.74, 6) is 1.28. The van der Waals surface area contributed by atoms with E-state index in [9.17, 15) is 4.79 Å². The first-order valence-electron chi connectivity index (χ1n) is 13.5. The number of hydrogen-bond acceptors (Lipinski definition) is 4. The Bertz CT molecular complexity index is 1360. The Hall–Kier alpha value is -3.77. The Kier molecular flexibility index (Phi) is 8.29. The molecule has 1 aromatic heterocycles. The molecular weight excluding hydrogens is 474 g/mol. The monoisotopic (exact) mass is 511 g/mol. The summed E-state index contributed by atoms with van der Waals surface area (Å²) < 4.78 is 14.0. The Balaban J connectivity index is 1.42. The number of benzene rings is 3. The van der Waals surface area contributed by atoms with Crippen molar-refractivity contribution in [3.8, 4) is 11.5 Å². The Morgan fingerprint density at radius 3 is 2.53 bits per heavy atom. The molecule has 1 amide bonds. The standard InChI is InChI=1S/C32H37N3O3/c1-34-22-28(26-12-6-7-13-29(26)34)27(21-32(36)33-16-19-35-17-8-9-18-35)25-14-15-30(37-2)31(20-25)38-23-24-10-4-3-5-11-24/h3-7,10-15,20,22,27H,8-9,16-19,21,23H2,1-2H3,(H,33,36). The second-order valence-electron chi connectivity index (χ2n) is 10.1. The van der Waals surface area contributed by atoms with E-state index >= 15 is 0 Å². The van der Waals surface area contributed by atoms with Crippen LogP contribution in [-0.2, 0) is 18.4 Å². The van der Waals surface area contributed by atoms with Gasteiger partial charge in [0.25, 0.3) is 0 Å². The molecule has 2 heterocycles. The first kappa shape index (κ1) is 25.9. The van der Waals surface area contributed by atoms with Gasteiger partial charge in [-0.2, -0.15) is 0 Å². The van der Waals surface area contributed by atoms with Gasteiger partial charge < -0.3 is 24.3 Å². The lowest BCUT2D eigenvalue weighted by molar-refractivity contribution is -0.121. The molecule has 1 atom stereocenters. The number of rotatable bonds is 11. The summed E-state index contributed by atoms with van der Waals surface area (Å²) in [6.07, 6.45) is 5.02. The van der Waals surface area contributed by atoms with E-state index < -0.39 is 0 Å². The number of hydrogen-bond donors (Lipinski definition) is 1. The molecule has 6 heteroatoms. The number of methoxy groups -OCH3 is 1. The van der Waals surface area contributed by atoms with Crippen LogP contribution < -0.4 is 14.8 Å². The molecule has 0 radical (unpaired) electrons. The maximum Gasteiger partial charge on any atom is 0.220 e. The highest BCUT2D eigenvalue weighted by Crippen LogP contribution is 2.38. The number of carbonyl (C=O) groups is 1. The zero-order valence-corrected chi connectivity index (χ0v) is 22.4. The second-order valence-corrected chi connectivity index (χ2v) is 10.1. The van der Waals surface area contributed by atoms with Crippen LogP contribution in [0, 0.1) is 0 Å². The highest BCUT2D eigenvalue weighted by molar-refractivity contribution is 5.86. The van der Waals surface area contributed by atoms with Crippen LogP contribution in [-0.4, -0.2) is 48.7 Å².